The summed E-state index contributed by atoms with van der Waals surface area (Å²) in [6.07, 6.45) is 2.41. The molecule has 0 radical (unpaired) electrons. The van der Waals surface area contributed by atoms with Crippen LogP contribution in [0.1, 0.15) is 19.8 Å². The summed E-state index contributed by atoms with van der Waals surface area (Å²) in [5.41, 5.74) is 5.31. The molecule has 0 amide bonds. The first kappa shape index (κ1) is 7.44. The van der Waals surface area contributed by atoms with Gasteiger partial charge in [0.05, 0.1) is 0 Å². The van der Waals surface area contributed by atoms with Crippen LogP contribution in [0.15, 0.2) is 0 Å². The van der Waals surface area contributed by atoms with Crippen LogP contribution in [0.2, 0.25) is 0 Å². The normalized spacial score (nSPS) is 14.1. The summed E-state index contributed by atoms with van der Waals surface area (Å²) < 4.78 is 0. The van der Waals surface area contributed by atoms with Crippen molar-refractivity contribution in [1.82, 2.24) is 0 Å². The van der Waals surface area contributed by atoms with Gasteiger partial charge in [-0.05, 0) is 6.42 Å². The van der Waals surface area contributed by atoms with Gasteiger partial charge in [-0.25, -0.2) is 0 Å². The number of hydrogen-bond acceptors (Lipinski definition) is 1. The Morgan fingerprint density at radius 3 is 2.43 bits per heavy atom. The molecule has 0 aromatic heterocycles. The topological polar surface area (TPSA) is 26.0 Å². The first-order valence-electron chi connectivity index (χ1n) is 2.65. The van der Waals surface area contributed by atoms with E-state index in [2.05, 4.69) is 22.9 Å². The monoisotopic (exact) mass is 165 g/mol. The van der Waals surface area contributed by atoms with Gasteiger partial charge in [0.25, 0.3) is 0 Å². The van der Waals surface area contributed by atoms with Gasteiger partial charge in [-0.15, -0.1) is 0 Å². The van der Waals surface area contributed by atoms with E-state index in [9.17, 15) is 0 Å². The molecule has 0 spiro atoms. The number of hydrogen-bond donors (Lipinski definition) is 1. The fourth-order valence-corrected chi connectivity index (χ4v) is 0.889. The summed E-state index contributed by atoms with van der Waals surface area (Å²) >= 11 is 3.41. The lowest BCUT2D eigenvalue weighted by Gasteiger charge is -2.00. The zero-order valence-electron chi connectivity index (χ0n) is 4.65. The van der Waals surface area contributed by atoms with Crippen molar-refractivity contribution in [2.45, 2.75) is 24.6 Å². The molecule has 0 aromatic rings. The maximum Gasteiger partial charge on any atom is 0.0268 e. The summed E-state index contributed by atoms with van der Waals surface area (Å²) in [6, 6.07) is 0. The van der Waals surface area contributed by atoms with Crippen molar-refractivity contribution >= 4 is 15.9 Å². The second-order valence-corrected chi connectivity index (χ2v) is 2.92. The van der Waals surface area contributed by atoms with Crippen LogP contribution >= 0.6 is 15.9 Å². The van der Waals surface area contributed by atoms with E-state index in [1.54, 1.807) is 0 Å². The van der Waals surface area contributed by atoms with Gasteiger partial charge >= 0.3 is 0 Å². The van der Waals surface area contributed by atoms with Crippen LogP contribution < -0.4 is 5.73 Å². The average Bonchev–Trinajstić information content (AvgIpc) is 1.68. The third-order valence-corrected chi connectivity index (χ3v) is 1.69. The Bertz CT molecular complexity index is 39.1. The molecule has 0 fully saturated rings. The van der Waals surface area contributed by atoms with E-state index in [0.29, 0.717) is 4.83 Å². The number of alkyl halides is 1. The van der Waals surface area contributed by atoms with Crippen LogP contribution in [0.25, 0.3) is 0 Å². The minimum absolute atomic E-state index is 0.539. The minimum Gasteiger partial charge on any atom is -0.329 e. The van der Waals surface area contributed by atoms with Crippen LogP contribution in [-0.4, -0.2) is 11.4 Å². The van der Waals surface area contributed by atoms with E-state index < -0.39 is 0 Å². The molecule has 0 saturated heterocycles. The van der Waals surface area contributed by atoms with Crippen molar-refractivity contribution in [3.05, 3.63) is 0 Å². The number of halogens is 1. The standard InChI is InChI=1S/C5H12BrN/c1-2-3-5(6)4-7/h5H,2-4,7H2,1H3. The Kier molecular flexibility index (Phi) is 4.88. The van der Waals surface area contributed by atoms with Gasteiger partial charge in [-0.1, -0.05) is 29.3 Å². The maximum atomic E-state index is 5.31. The summed E-state index contributed by atoms with van der Waals surface area (Å²) in [5.74, 6) is 0. The molecule has 1 nitrogen and oxygen atoms in total. The van der Waals surface area contributed by atoms with Crippen molar-refractivity contribution in [1.29, 1.82) is 0 Å². The second kappa shape index (κ2) is 4.60. The van der Waals surface area contributed by atoms with Crippen LogP contribution in [0, 0.1) is 0 Å². The summed E-state index contributed by atoms with van der Waals surface area (Å²) in [6.45, 7) is 2.91. The Morgan fingerprint density at radius 1 is 1.71 bits per heavy atom. The molecule has 0 saturated carbocycles. The summed E-state index contributed by atoms with van der Waals surface area (Å²) in [7, 11) is 0. The van der Waals surface area contributed by atoms with Gasteiger partial charge in [0.1, 0.15) is 0 Å². The molecule has 7 heavy (non-hydrogen) atoms. The largest absolute Gasteiger partial charge is 0.329 e. The van der Waals surface area contributed by atoms with Crippen molar-refractivity contribution in [2.75, 3.05) is 6.54 Å². The Labute approximate surface area is 53.4 Å². The van der Waals surface area contributed by atoms with Crippen LogP contribution in [0.5, 0.6) is 0 Å². The summed E-state index contributed by atoms with van der Waals surface area (Å²) in [5, 5.41) is 0. The molecule has 44 valence electrons. The predicted octanol–water partition coefficient (Wildman–Crippen LogP) is 1.51. The van der Waals surface area contributed by atoms with E-state index in [0.717, 1.165) is 6.54 Å². The van der Waals surface area contributed by atoms with Crippen LogP contribution in [0.4, 0.5) is 0 Å². The molecule has 0 rings (SSSR count). The highest BCUT2D eigenvalue weighted by atomic mass is 79.9. The lowest BCUT2D eigenvalue weighted by Crippen LogP contribution is -2.12. The van der Waals surface area contributed by atoms with Crippen molar-refractivity contribution < 1.29 is 0 Å². The lowest BCUT2D eigenvalue weighted by atomic mass is 10.2. The van der Waals surface area contributed by atoms with E-state index in [1.807, 2.05) is 0 Å². The molecule has 0 aliphatic heterocycles. The van der Waals surface area contributed by atoms with Gasteiger partial charge in [-0.2, -0.15) is 0 Å². The Balaban J connectivity index is 2.83. The highest BCUT2D eigenvalue weighted by Crippen LogP contribution is 2.03. The molecule has 0 aliphatic rings. The first-order valence-corrected chi connectivity index (χ1v) is 3.57. The lowest BCUT2D eigenvalue weighted by molar-refractivity contribution is 0.754. The van der Waals surface area contributed by atoms with Gasteiger partial charge in [0.15, 0.2) is 0 Å². The highest BCUT2D eigenvalue weighted by molar-refractivity contribution is 9.09. The van der Waals surface area contributed by atoms with E-state index in [4.69, 9.17) is 5.73 Å². The summed E-state index contributed by atoms with van der Waals surface area (Å²) in [4.78, 5) is 0.539. The first-order chi connectivity index (χ1) is 3.31. The van der Waals surface area contributed by atoms with E-state index in [1.165, 1.54) is 12.8 Å². The minimum atomic E-state index is 0.539. The van der Waals surface area contributed by atoms with Gasteiger partial charge < -0.3 is 5.73 Å². The van der Waals surface area contributed by atoms with E-state index >= 15 is 0 Å². The molecular weight excluding hydrogens is 154 g/mol. The zero-order chi connectivity index (χ0) is 5.70. The fourth-order valence-electron chi connectivity index (χ4n) is 0.431. The molecule has 2 N–H and O–H groups in total. The zero-order valence-corrected chi connectivity index (χ0v) is 6.24. The van der Waals surface area contributed by atoms with E-state index in [-0.39, 0.29) is 0 Å². The molecule has 0 heterocycles. The van der Waals surface area contributed by atoms with Crippen LogP contribution in [0.3, 0.4) is 0 Å². The van der Waals surface area contributed by atoms with Gasteiger partial charge in [0.2, 0.25) is 0 Å². The third-order valence-electron chi connectivity index (χ3n) is 0.858. The molecule has 1 unspecified atom stereocenters. The SMILES string of the molecule is CCCC(Br)CN. The highest BCUT2D eigenvalue weighted by Gasteiger charge is 1.95. The van der Waals surface area contributed by atoms with Gasteiger partial charge in [-0.3, -0.25) is 0 Å². The van der Waals surface area contributed by atoms with Crippen molar-refractivity contribution in [3.63, 3.8) is 0 Å². The molecule has 0 aromatic carbocycles. The smallest absolute Gasteiger partial charge is 0.0268 e. The number of nitrogens with two attached hydrogens (primary N) is 1. The fraction of sp³-hybridized carbons (Fsp3) is 1.00. The average molecular weight is 166 g/mol. The molecule has 0 aliphatic carbocycles. The third kappa shape index (κ3) is 4.29. The molecule has 2 heteroatoms. The van der Waals surface area contributed by atoms with Crippen molar-refractivity contribution in [3.8, 4) is 0 Å². The molecule has 0 bridgehead atoms. The predicted molar refractivity (Wildman–Crippen MR) is 36.7 cm³/mol. The Morgan fingerprint density at radius 2 is 2.29 bits per heavy atom. The molecule has 1 atom stereocenters. The molecular formula is C5H12BrN. The van der Waals surface area contributed by atoms with Gasteiger partial charge in [0, 0.05) is 11.4 Å². The van der Waals surface area contributed by atoms with Crippen LogP contribution in [-0.2, 0) is 0 Å². The van der Waals surface area contributed by atoms with Crippen molar-refractivity contribution in [2.24, 2.45) is 5.73 Å². The Hall–Kier alpha value is 0.440. The second-order valence-electron chi connectivity index (χ2n) is 1.62. The number of rotatable bonds is 3. The quantitative estimate of drug-likeness (QED) is 0.631. The maximum absolute atomic E-state index is 5.31.